The summed E-state index contributed by atoms with van der Waals surface area (Å²) in [7, 11) is 3.44. The predicted octanol–water partition coefficient (Wildman–Crippen LogP) is 1.21. The molecule has 0 fully saturated rings. The molecule has 0 radical (unpaired) electrons. The molecule has 1 aromatic heterocycles. The number of amides is 1. The molecule has 0 spiro atoms. The first-order chi connectivity index (χ1) is 8.10. The molecule has 1 amide bonds. The Kier molecular flexibility index (Phi) is 5.64. The van der Waals surface area contributed by atoms with Gasteiger partial charge < -0.3 is 9.64 Å². The van der Waals surface area contributed by atoms with Gasteiger partial charge in [0.1, 0.15) is 0 Å². The molecule has 1 aromatic rings. The van der Waals surface area contributed by atoms with E-state index in [1.807, 2.05) is 14.0 Å². The molecule has 0 saturated carbocycles. The van der Waals surface area contributed by atoms with Crippen LogP contribution >= 0.6 is 15.9 Å². The van der Waals surface area contributed by atoms with Crippen LogP contribution in [0.1, 0.15) is 16.1 Å². The third-order valence-electron chi connectivity index (χ3n) is 2.45. The van der Waals surface area contributed by atoms with Crippen molar-refractivity contribution in [3.63, 3.8) is 0 Å². The lowest BCUT2D eigenvalue weighted by Crippen LogP contribution is -2.35. The van der Waals surface area contributed by atoms with E-state index in [0.717, 1.165) is 11.0 Å². The molecule has 6 heteroatoms. The Morgan fingerprint density at radius 1 is 1.59 bits per heavy atom. The van der Waals surface area contributed by atoms with Gasteiger partial charge in [-0.3, -0.25) is 9.48 Å². The summed E-state index contributed by atoms with van der Waals surface area (Å²) in [5.41, 5.74) is 1.42. The minimum Gasteiger partial charge on any atom is -0.383 e. The van der Waals surface area contributed by atoms with Crippen LogP contribution < -0.4 is 0 Å². The molecule has 0 atom stereocenters. The Morgan fingerprint density at radius 3 is 2.76 bits per heavy atom. The molecule has 5 nitrogen and oxygen atoms in total. The Balaban J connectivity index is 2.79. The van der Waals surface area contributed by atoms with Gasteiger partial charge in [0.25, 0.3) is 5.91 Å². The van der Waals surface area contributed by atoms with Gasteiger partial charge in [0.05, 0.1) is 17.9 Å². The van der Waals surface area contributed by atoms with Crippen molar-refractivity contribution in [1.82, 2.24) is 14.7 Å². The van der Waals surface area contributed by atoms with Gasteiger partial charge >= 0.3 is 0 Å². The number of hydrogen-bond donors (Lipinski definition) is 0. The van der Waals surface area contributed by atoms with Crippen molar-refractivity contribution in [2.24, 2.45) is 7.05 Å². The van der Waals surface area contributed by atoms with Gasteiger partial charge in [-0.2, -0.15) is 5.10 Å². The first-order valence-corrected chi connectivity index (χ1v) is 6.56. The summed E-state index contributed by atoms with van der Waals surface area (Å²) in [5, 5.41) is 4.93. The fourth-order valence-electron chi connectivity index (χ4n) is 1.60. The number of aryl methyl sites for hydroxylation is 2. The van der Waals surface area contributed by atoms with Gasteiger partial charge in [-0.25, -0.2) is 0 Å². The van der Waals surface area contributed by atoms with E-state index in [0.29, 0.717) is 25.3 Å². The molecule has 17 heavy (non-hydrogen) atoms. The van der Waals surface area contributed by atoms with E-state index in [1.165, 1.54) is 0 Å². The number of aromatic nitrogens is 2. The standard InChI is InChI=1S/C11H18BrN3O2/c1-9-10(8-14(2)13-9)11(16)15(5-4-12)6-7-17-3/h8H,4-7H2,1-3H3. The number of hydrogen-bond acceptors (Lipinski definition) is 3. The third kappa shape index (κ3) is 3.81. The Morgan fingerprint density at radius 2 is 2.29 bits per heavy atom. The number of nitrogens with zero attached hydrogens (tertiary/aromatic N) is 3. The number of alkyl halides is 1. The molecule has 0 unspecified atom stereocenters. The number of ether oxygens (including phenoxy) is 1. The molecule has 0 aromatic carbocycles. The molecular weight excluding hydrogens is 286 g/mol. The number of halogens is 1. The first kappa shape index (κ1) is 14.2. The van der Waals surface area contributed by atoms with E-state index in [2.05, 4.69) is 21.0 Å². The maximum atomic E-state index is 12.3. The summed E-state index contributed by atoms with van der Waals surface area (Å²) >= 11 is 3.35. The second-order valence-electron chi connectivity index (χ2n) is 3.78. The van der Waals surface area contributed by atoms with Crippen LogP contribution in [-0.2, 0) is 11.8 Å². The van der Waals surface area contributed by atoms with E-state index in [1.54, 1.807) is 22.9 Å². The molecule has 0 aliphatic carbocycles. The molecule has 0 aliphatic rings. The summed E-state index contributed by atoms with van der Waals surface area (Å²) in [5.74, 6) is 0.00657. The van der Waals surface area contributed by atoms with Crippen LogP contribution in [0, 0.1) is 6.92 Å². The zero-order valence-electron chi connectivity index (χ0n) is 10.4. The summed E-state index contributed by atoms with van der Waals surface area (Å²) in [6.45, 7) is 3.64. The highest BCUT2D eigenvalue weighted by Crippen LogP contribution is 2.09. The van der Waals surface area contributed by atoms with Crippen LogP contribution in [0.2, 0.25) is 0 Å². The average Bonchev–Trinajstić information content (AvgIpc) is 2.63. The first-order valence-electron chi connectivity index (χ1n) is 5.44. The van der Waals surface area contributed by atoms with Gasteiger partial charge in [-0.15, -0.1) is 0 Å². The quantitative estimate of drug-likeness (QED) is 0.742. The molecule has 1 rings (SSSR count). The SMILES string of the molecule is COCCN(CCBr)C(=O)c1cn(C)nc1C. The van der Waals surface area contributed by atoms with E-state index >= 15 is 0 Å². The van der Waals surface area contributed by atoms with E-state index in [9.17, 15) is 4.79 Å². The predicted molar refractivity (Wildman–Crippen MR) is 69.5 cm³/mol. The van der Waals surface area contributed by atoms with Gasteiger partial charge in [0.2, 0.25) is 0 Å². The molecule has 0 N–H and O–H groups in total. The van der Waals surface area contributed by atoms with Crippen LogP contribution in [-0.4, -0.2) is 52.7 Å². The zero-order chi connectivity index (χ0) is 12.8. The Bertz CT molecular complexity index is 379. The van der Waals surface area contributed by atoms with Crippen LogP contribution in [0.4, 0.5) is 0 Å². The number of carbonyl (C=O) groups is 1. The molecule has 96 valence electrons. The summed E-state index contributed by atoms with van der Waals surface area (Å²) in [4.78, 5) is 14.0. The number of carbonyl (C=O) groups excluding carboxylic acids is 1. The van der Waals surface area contributed by atoms with Gasteiger partial charge in [0, 0.05) is 38.8 Å². The Hall–Kier alpha value is -0.880. The van der Waals surface area contributed by atoms with Crippen LogP contribution in [0.15, 0.2) is 6.20 Å². The van der Waals surface area contributed by atoms with E-state index < -0.39 is 0 Å². The fraction of sp³-hybridized carbons (Fsp3) is 0.636. The van der Waals surface area contributed by atoms with Gasteiger partial charge in [-0.1, -0.05) is 15.9 Å². The third-order valence-corrected chi connectivity index (χ3v) is 2.81. The zero-order valence-corrected chi connectivity index (χ0v) is 12.0. The minimum atomic E-state index is 0.00657. The highest BCUT2D eigenvalue weighted by atomic mass is 79.9. The second-order valence-corrected chi connectivity index (χ2v) is 4.57. The summed E-state index contributed by atoms with van der Waals surface area (Å²) in [6, 6.07) is 0. The highest BCUT2D eigenvalue weighted by Gasteiger charge is 2.19. The Labute approximate surface area is 110 Å². The summed E-state index contributed by atoms with van der Waals surface area (Å²) in [6.07, 6.45) is 1.76. The van der Waals surface area contributed by atoms with Gasteiger partial charge in [0.15, 0.2) is 0 Å². The maximum Gasteiger partial charge on any atom is 0.257 e. The van der Waals surface area contributed by atoms with Crippen LogP contribution in [0.25, 0.3) is 0 Å². The van der Waals surface area contributed by atoms with Crippen molar-refractivity contribution in [2.75, 3.05) is 32.1 Å². The fourth-order valence-corrected chi connectivity index (χ4v) is 2.03. The minimum absolute atomic E-state index is 0.00657. The number of rotatable bonds is 6. The van der Waals surface area contributed by atoms with Crippen molar-refractivity contribution < 1.29 is 9.53 Å². The normalized spacial score (nSPS) is 10.6. The van der Waals surface area contributed by atoms with E-state index in [4.69, 9.17) is 4.74 Å². The van der Waals surface area contributed by atoms with Crippen LogP contribution in [0.3, 0.4) is 0 Å². The molecule has 0 aliphatic heterocycles. The second kappa shape index (κ2) is 6.76. The highest BCUT2D eigenvalue weighted by molar-refractivity contribution is 9.09. The molecule has 0 bridgehead atoms. The largest absolute Gasteiger partial charge is 0.383 e. The van der Waals surface area contributed by atoms with Crippen molar-refractivity contribution in [3.8, 4) is 0 Å². The van der Waals surface area contributed by atoms with Crippen LogP contribution in [0.5, 0.6) is 0 Å². The lowest BCUT2D eigenvalue weighted by Gasteiger charge is -2.20. The maximum absolute atomic E-state index is 12.3. The monoisotopic (exact) mass is 303 g/mol. The molecular formula is C11H18BrN3O2. The van der Waals surface area contributed by atoms with Crippen molar-refractivity contribution in [3.05, 3.63) is 17.5 Å². The lowest BCUT2D eigenvalue weighted by atomic mass is 10.2. The lowest BCUT2D eigenvalue weighted by molar-refractivity contribution is 0.0708. The van der Waals surface area contributed by atoms with E-state index in [-0.39, 0.29) is 5.91 Å². The average molecular weight is 304 g/mol. The molecule has 0 saturated heterocycles. The smallest absolute Gasteiger partial charge is 0.257 e. The van der Waals surface area contributed by atoms with Crippen molar-refractivity contribution >= 4 is 21.8 Å². The van der Waals surface area contributed by atoms with Gasteiger partial charge in [-0.05, 0) is 6.92 Å². The van der Waals surface area contributed by atoms with Crippen molar-refractivity contribution in [1.29, 1.82) is 0 Å². The summed E-state index contributed by atoms with van der Waals surface area (Å²) < 4.78 is 6.67. The molecule has 1 heterocycles. The topological polar surface area (TPSA) is 47.4 Å². The number of methoxy groups -OCH3 is 1. The van der Waals surface area contributed by atoms with Crippen molar-refractivity contribution in [2.45, 2.75) is 6.92 Å².